The molecule has 0 fully saturated rings. The molecule has 0 saturated heterocycles. The van der Waals surface area contributed by atoms with E-state index in [2.05, 4.69) is 22.1 Å². The molecule has 2 N–H and O–H groups in total. The Morgan fingerprint density at radius 2 is 1.72 bits per heavy atom. The number of aromatic nitrogens is 3. The van der Waals surface area contributed by atoms with Crippen molar-refractivity contribution in [3.8, 4) is 17.2 Å². The van der Waals surface area contributed by atoms with Crippen LogP contribution in [0, 0.1) is 13.8 Å². The predicted octanol–water partition coefficient (Wildman–Crippen LogP) is 3.51. The maximum atomic E-state index is 11.8. The Kier molecular flexibility index (Phi) is 4.95. The lowest BCUT2D eigenvalue weighted by molar-refractivity contribution is 0.283. The van der Waals surface area contributed by atoms with E-state index in [-0.39, 0.29) is 6.61 Å². The zero-order chi connectivity index (χ0) is 20.4. The number of aryl methyl sites for hydroxylation is 2. The maximum absolute atomic E-state index is 11.8. The number of H-pyrrole nitrogens is 2. The molecule has 0 atom stereocenters. The Morgan fingerprint density at radius 1 is 0.931 bits per heavy atom. The average Bonchev–Trinajstić information content (AvgIpc) is 3.05. The molecular weight excluding hydrogens is 370 g/mol. The van der Waals surface area contributed by atoms with Crippen molar-refractivity contribution in [3.63, 3.8) is 0 Å². The molecule has 0 spiro atoms. The molecule has 2 heterocycles. The number of hydrogen-bond donors (Lipinski definition) is 2. The van der Waals surface area contributed by atoms with Crippen molar-refractivity contribution in [2.75, 3.05) is 6.61 Å². The van der Waals surface area contributed by atoms with E-state index in [1.165, 1.54) is 16.8 Å². The van der Waals surface area contributed by atoms with E-state index < -0.39 is 11.2 Å². The van der Waals surface area contributed by atoms with Crippen molar-refractivity contribution in [3.05, 3.63) is 86.8 Å². The van der Waals surface area contributed by atoms with Gasteiger partial charge in [-0.1, -0.05) is 12.1 Å². The van der Waals surface area contributed by atoms with Gasteiger partial charge in [0.1, 0.15) is 6.61 Å². The van der Waals surface area contributed by atoms with Gasteiger partial charge >= 0.3 is 5.69 Å². The molecule has 4 aromatic rings. The Hall–Kier alpha value is -3.74. The second-order valence-corrected chi connectivity index (χ2v) is 6.88. The number of rotatable bonds is 6. The number of nitrogens with zero attached hydrogens (tertiary/aromatic N) is 1. The summed E-state index contributed by atoms with van der Waals surface area (Å²) in [5.41, 5.74) is 2.21. The van der Waals surface area contributed by atoms with Gasteiger partial charge in [-0.05, 0) is 49.7 Å². The third-order valence-electron chi connectivity index (χ3n) is 4.53. The minimum Gasteiger partial charge on any atom is -0.488 e. The van der Waals surface area contributed by atoms with Gasteiger partial charge in [-0.2, -0.15) is 0 Å². The van der Waals surface area contributed by atoms with Crippen LogP contribution in [0.25, 0.3) is 10.9 Å². The van der Waals surface area contributed by atoms with Gasteiger partial charge in [0.15, 0.2) is 17.2 Å². The molecule has 0 saturated carbocycles. The van der Waals surface area contributed by atoms with Crippen LogP contribution in [-0.4, -0.2) is 21.1 Å². The summed E-state index contributed by atoms with van der Waals surface area (Å²) in [6.45, 7) is 4.58. The maximum Gasteiger partial charge on any atom is 0.328 e. The first-order valence-corrected chi connectivity index (χ1v) is 9.29. The van der Waals surface area contributed by atoms with Crippen molar-refractivity contribution in [2.24, 2.45) is 0 Å². The summed E-state index contributed by atoms with van der Waals surface area (Å²) in [5.74, 6) is 1.88. The van der Waals surface area contributed by atoms with Crippen LogP contribution >= 0.6 is 0 Å². The molecule has 29 heavy (non-hydrogen) atoms. The number of nitrogens with one attached hydrogen (secondary N) is 2. The summed E-state index contributed by atoms with van der Waals surface area (Å²) in [6.07, 6.45) is 1.45. The zero-order valence-corrected chi connectivity index (χ0v) is 16.2. The first kappa shape index (κ1) is 18.6. The lowest BCUT2D eigenvalue weighted by Crippen LogP contribution is -2.30. The van der Waals surface area contributed by atoms with Crippen LogP contribution in [0.4, 0.5) is 0 Å². The third kappa shape index (κ3) is 4.08. The van der Waals surface area contributed by atoms with E-state index in [1.807, 2.05) is 44.2 Å². The van der Waals surface area contributed by atoms with Gasteiger partial charge < -0.3 is 14.5 Å². The third-order valence-corrected chi connectivity index (χ3v) is 4.53. The van der Waals surface area contributed by atoms with Gasteiger partial charge in [0.25, 0.3) is 5.56 Å². The van der Waals surface area contributed by atoms with Crippen molar-refractivity contribution < 1.29 is 9.47 Å². The molecule has 7 heteroatoms. The molecule has 148 valence electrons. The highest BCUT2D eigenvalue weighted by molar-refractivity contribution is 5.87. The summed E-state index contributed by atoms with van der Waals surface area (Å²) < 4.78 is 13.4. The normalized spacial score (nSPS) is 11.0. The average molecular weight is 391 g/mol. The van der Waals surface area contributed by atoms with Crippen molar-refractivity contribution >= 4 is 10.9 Å². The lowest BCUT2D eigenvalue weighted by Gasteiger charge is -2.14. The van der Waals surface area contributed by atoms with Crippen LogP contribution in [0.1, 0.15) is 11.3 Å². The number of para-hydroxylation sites is 2. The van der Waals surface area contributed by atoms with Gasteiger partial charge in [0, 0.05) is 23.3 Å². The van der Waals surface area contributed by atoms with Gasteiger partial charge in [-0.3, -0.25) is 14.3 Å². The Balaban J connectivity index is 1.54. The predicted molar refractivity (Wildman–Crippen MR) is 111 cm³/mol. The topological polar surface area (TPSA) is 89.1 Å². The van der Waals surface area contributed by atoms with E-state index in [0.717, 1.165) is 27.9 Å². The minimum atomic E-state index is -0.463. The molecule has 0 amide bonds. The van der Waals surface area contributed by atoms with Crippen LogP contribution < -0.4 is 20.7 Å². The van der Waals surface area contributed by atoms with E-state index in [0.29, 0.717) is 18.0 Å². The Labute approximate surface area is 166 Å². The number of ether oxygens (including phenoxy) is 2. The molecule has 0 bridgehead atoms. The summed E-state index contributed by atoms with van der Waals surface area (Å²) in [5, 5.41) is 1.09. The fourth-order valence-corrected chi connectivity index (χ4v) is 3.22. The summed E-state index contributed by atoms with van der Waals surface area (Å²) in [4.78, 5) is 28.5. The molecule has 0 aliphatic rings. The van der Waals surface area contributed by atoms with Crippen LogP contribution in [0.2, 0.25) is 0 Å². The molecule has 0 unspecified atom stereocenters. The molecule has 2 aromatic heterocycles. The quantitative estimate of drug-likeness (QED) is 0.526. The highest BCUT2D eigenvalue weighted by Gasteiger charge is 2.11. The first-order chi connectivity index (χ1) is 14.0. The standard InChI is InChI=1S/C22H21N3O4/c1-14-11-16-13-15(2)23-21(16)19(12-14)29-18-6-4-3-5-17(18)28-10-9-25-8-7-20(26)24-22(25)27/h3-8,11-13,23H,9-10H2,1-2H3,(H,24,26,27). The van der Waals surface area contributed by atoms with Crippen LogP contribution in [0.3, 0.4) is 0 Å². The number of hydrogen-bond acceptors (Lipinski definition) is 4. The molecule has 0 aliphatic carbocycles. The largest absolute Gasteiger partial charge is 0.488 e. The second-order valence-electron chi connectivity index (χ2n) is 6.88. The molecule has 2 aromatic carbocycles. The van der Waals surface area contributed by atoms with Crippen LogP contribution in [0.5, 0.6) is 17.2 Å². The molecule has 4 rings (SSSR count). The van der Waals surface area contributed by atoms with Crippen molar-refractivity contribution in [1.29, 1.82) is 0 Å². The SMILES string of the molecule is Cc1cc(Oc2ccccc2OCCn2ccc(=O)[nH]c2=O)c2[nH]c(C)cc2c1. The van der Waals surface area contributed by atoms with Crippen LogP contribution in [0.15, 0.2) is 64.3 Å². The van der Waals surface area contributed by atoms with E-state index in [1.54, 1.807) is 0 Å². The van der Waals surface area contributed by atoms with E-state index in [9.17, 15) is 9.59 Å². The zero-order valence-electron chi connectivity index (χ0n) is 16.2. The Bertz CT molecular complexity index is 1280. The molecular formula is C22H21N3O4. The summed E-state index contributed by atoms with van der Waals surface area (Å²) in [6, 6.07) is 14.9. The minimum absolute atomic E-state index is 0.247. The fraction of sp³-hybridized carbons (Fsp3) is 0.182. The fourth-order valence-electron chi connectivity index (χ4n) is 3.22. The van der Waals surface area contributed by atoms with Crippen molar-refractivity contribution in [2.45, 2.75) is 20.4 Å². The highest BCUT2D eigenvalue weighted by Crippen LogP contribution is 2.35. The number of aromatic amines is 2. The van der Waals surface area contributed by atoms with E-state index >= 15 is 0 Å². The summed E-state index contributed by atoms with van der Waals surface area (Å²) in [7, 11) is 0. The first-order valence-electron chi connectivity index (χ1n) is 9.29. The molecule has 0 radical (unpaired) electrons. The van der Waals surface area contributed by atoms with Gasteiger partial charge in [0.05, 0.1) is 12.1 Å². The monoisotopic (exact) mass is 391 g/mol. The van der Waals surface area contributed by atoms with E-state index in [4.69, 9.17) is 9.47 Å². The van der Waals surface area contributed by atoms with Gasteiger partial charge in [0.2, 0.25) is 0 Å². The molecule has 7 nitrogen and oxygen atoms in total. The number of benzene rings is 2. The highest BCUT2D eigenvalue weighted by atomic mass is 16.5. The Morgan fingerprint density at radius 3 is 2.52 bits per heavy atom. The summed E-state index contributed by atoms with van der Waals surface area (Å²) >= 11 is 0. The second kappa shape index (κ2) is 7.71. The van der Waals surface area contributed by atoms with Crippen molar-refractivity contribution in [1.82, 2.24) is 14.5 Å². The lowest BCUT2D eigenvalue weighted by atomic mass is 10.1. The molecule has 0 aliphatic heterocycles. The van der Waals surface area contributed by atoms with Crippen LogP contribution in [-0.2, 0) is 6.54 Å². The number of fused-ring (bicyclic) bond motifs is 1. The van der Waals surface area contributed by atoms with Gasteiger partial charge in [-0.15, -0.1) is 0 Å². The smallest absolute Gasteiger partial charge is 0.328 e. The van der Waals surface area contributed by atoms with Gasteiger partial charge in [-0.25, -0.2) is 4.79 Å².